The Balaban J connectivity index is 1.90. The number of rotatable bonds is 7. The zero-order valence-corrected chi connectivity index (χ0v) is 18.4. The van der Waals surface area contributed by atoms with Crippen LogP contribution in [0.5, 0.6) is 5.75 Å². The van der Waals surface area contributed by atoms with E-state index in [1.54, 1.807) is 0 Å². The van der Waals surface area contributed by atoms with E-state index in [4.69, 9.17) is 16.3 Å². The van der Waals surface area contributed by atoms with Crippen LogP contribution in [0.2, 0.25) is 5.02 Å². The highest BCUT2D eigenvalue weighted by Crippen LogP contribution is 2.29. The van der Waals surface area contributed by atoms with Crippen molar-refractivity contribution in [2.45, 2.75) is 11.4 Å². The van der Waals surface area contributed by atoms with Gasteiger partial charge in [0.25, 0.3) is 5.91 Å². The summed E-state index contributed by atoms with van der Waals surface area (Å²) in [6.45, 7) is 0.150. The number of nitrogens with one attached hydrogen (secondary N) is 1. The molecule has 0 spiro atoms. The molecule has 0 saturated carbocycles. The topological polar surface area (TPSA) is 75.7 Å². The second-order valence-corrected chi connectivity index (χ2v) is 9.12. The van der Waals surface area contributed by atoms with Crippen LogP contribution >= 0.6 is 11.6 Å². The average molecular weight is 463 g/mol. The third-order valence-electron chi connectivity index (χ3n) is 4.54. The van der Waals surface area contributed by atoms with E-state index >= 15 is 0 Å². The van der Waals surface area contributed by atoms with Gasteiger partial charge < -0.3 is 10.1 Å². The number of sulfonamides is 1. The summed E-state index contributed by atoms with van der Waals surface area (Å²) < 4.78 is 46.1. The summed E-state index contributed by atoms with van der Waals surface area (Å²) in [5, 5.41) is 2.43. The van der Waals surface area contributed by atoms with Crippen LogP contribution in [0.15, 0.2) is 71.6 Å². The molecule has 0 aliphatic rings. The molecular formula is C22H20ClFN2O4S. The van der Waals surface area contributed by atoms with E-state index in [-0.39, 0.29) is 33.5 Å². The van der Waals surface area contributed by atoms with E-state index in [9.17, 15) is 17.6 Å². The Kier molecular flexibility index (Phi) is 6.94. The Morgan fingerprint density at radius 3 is 2.45 bits per heavy atom. The molecule has 1 amide bonds. The predicted molar refractivity (Wildman–Crippen MR) is 117 cm³/mol. The van der Waals surface area contributed by atoms with Gasteiger partial charge in [0.05, 0.1) is 12.1 Å². The van der Waals surface area contributed by atoms with Crippen LogP contribution in [0.1, 0.15) is 15.9 Å². The number of hydrogen-bond donors (Lipinski definition) is 1. The number of carbonyl (C=O) groups is 1. The smallest absolute Gasteiger partial charge is 0.255 e. The van der Waals surface area contributed by atoms with Gasteiger partial charge in [-0.15, -0.1) is 0 Å². The number of ether oxygens (including phenoxy) is 1. The van der Waals surface area contributed by atoms with Gasteiger partial charge in [0, 0.05) is 24.8 Å². The van der Waals surface area contributed by atoms with Gasteiger partial charge in [0.1, 0.15) is 16.5 Å². The number of nitrogens with zero attached hydrogens (tertiary/aromatic N) is 1. The van der Waals surface area contributed by atoms with Crippen molar-refractivity contribution in [2.75, 3.05) is 19.5 Å². The predicted octanol–water partition coefficient (Wildman–Crippen LogP) is 4.56. The molecule has 1 N–H and O–H groups in total. The maximum Gasteiger partial charge on any atom is 0.255 e. The van der Waals surface area contributed by atoms with Crippen molar-refractivity contribution in [3.05, 3.63) is 88.7 Å². The fraction of sp³-hybridized carbons (Fsp3) is 0.136. The van der Waals surface area contributed by atoms with Gasteiger partial charge in [-0.3, -0.25) is 4.79 Å². The normalized spacial score (nSPS) is 11.4. The third-order valence-corrected chi connectivity index (χ3v) is 6.65. The maximum atomic E-state index is 13.3. The molecule has 9 heteroatoms. The molecule has 0 fully saturated rings. The van der Waals surface area contributed by atoms with Crippen molar-refractivity contribution < 1.29 is 22.3 Å². The lowest BCUT2D eigenvalue weighted by Gasteiger charge is -2.19. The first-order valence-corrected chi connectivity index (χ1v) is 11.0. The van der Waals surface area contributed by atoms with E-state index in [0.717, 1.165) is 11.6 Å². The molecule has 0 aliphatic carbocycles. The summed E-state index contributed by atoms with van der Waals surface area (Å²) in [4.78, 5) is 12.5. The second kappa shape index (κ2) is 9.47. The highest BCUT2D eigenvalue weighted by molar-refractivity contribution is 7.89. The average Bonchev–Trinajstić information content (AvgIpc) is 2.76. The molecular weight excluding hydrogens is 443 g/mol. The molecule has 162 valence electrons. The summed E-state index contributed by atoms with van der Waals surface area (Å²) in [7, 11) is -1.16. The van der Waals surface area contributed by atoms with E-state index in [2.05, 4.69) is 5.32 Å². The lowest BCUT2D eigenvalue weighted by Crippen LogP contribution is -2.27. The zero-order valence-electron chi connectivity index (χ0n) is 16.8. The molecule has 0 bridgehead atoms. The number of methoxy groups -OCH3 is 1. The molecule has 3 aromatic rings. The fourth-order valence-corrected chi connectivity index (χ4v) is 4.41. The van der Waals surface area contributed by atoms with Crippen LogP contribution < -0.4 is 10.1 Å². The zero-order chi connectivity index (χ0) is 22.6. The molecule has 0 aromatic heterocycles. The van der Waals surface area contributed by atoms with Gasteiger partial charge >= 0.3 is 0 Å². The Bertz CT molecular complexity index is 1200. The van der Waals surface area contributed by atoms with Gasteiger partial charge in [0.2, 0.25) is 10.0 Å². The van der Waals surface area contributed by atoms with Crippen molar-refractivity contribution in [3.8, 4) is 5.75 Å². The summed E-state index contributed by atoms with van der Waals surface area (Å²) in [6.07, 6.45) is 0. The Morgan fingerprint density at radius 2 is 1.81 bits per heavy atom. The number of halogens is 2. The van der Waals surface area contributed by atoms with Gasteiger partial charge in [-0.1, -0.05) is 41.9 Å². The van der Waals surface area contributed by atoms with Crippen LogP contribution in [0, 0.1) is 5.82 Å². The third kappa shape index (κ3) is 5.22. The molecule has 0 aliphatic heterocycles. The molecule has 0 atom stereocenters. The molecule has 3 rings (SSSR count). The number of benzene rings is 3. The van der Waals surface area contributed by atoms with Crippen molar-refractivity contribution >= 4 is 33.2 Å². The molecule has 0 saturated heterocycles. The molecule has 0 heterocycles. The number of hydrogen-bond acceptors (Lipinski definition) is 4. The monoisotopic (exact) mass is 462 g/mol. The first kappa shape index (κ1) is 22.7. The lowest BCUT2D eigenvalue weighted by molar-refractivity contribution is 0.102. The lowest BCUT2D eigenvalue weighted by atomic mass is 10.2. The van der Waals surface area contributed by atoms with Gasteiger partial charge in [-0.25, -0.2) is 12.8 Å². The summed E-state index contributed by atoms with van der Waals surface area (Å²) in [5.41, 5.74) is 1.18. The molecule has 0 unspecified atom stereocenters. The number of amides is 1. The highest BCUT2D eigenvalue weighted by atomic mass is 35.5. The minimum Gasteiger partial charge on any atom is -0.495 e. The number of anilines is 1. The standard InChI is InChI=1S/C22H20ClFN2O4S/c1-26(14-15-6-4-3-5-7-15)31(28,29)21-12-16(8-11-20(21)30-2)22(27)25-17-9-10-19(24)18(23)13-17/h3-13H,14H2,1-2H3,(H,25,27). The largest absolute Gasteiger partial charge is 0.495 e. The first-order chi connectivity index (χ1) is 14.7. The summed E-state index contributed by atoms with van der Waals surface area (Å²) in [6, 6.07) is 17.0. The van der Waals surface area contributed by atoms with Crippen LogP contribution in [0.3, 0.4) is 0 Å². The van der Waals surface area contributed by atoms with Crippen LogP contribution in [-0.4, -0.2) is 32.8 Å². The van der Waals surface area contributed by atoms with Crippen LogP contribution in [-0.2, 0) is 16.6 Å². The quantitative estimate of drug-likeness (QED) is 0.558. The van der Waals surface area contributed by atoms with Gasteiger partial charge in [0.15, 0.2) is 0 Å². The van der Waals surface area contributed by atoms with Crippen molar-refractivity contribution in [1.29, 1.82) is 0 Å². The van der Waals surface area contributed by atoms with Crippen molar-refractivity contribution in [2.24, 2.45) is 0 Å². The first-order valence-electron chi connectivity index (χ1n) is 9.17. The molecule has 3 aromatic carbocycles. The number of carbonyl (C=O) groups excluding carboxylic acids is 1. The van der Waals surface area contributed by atoms with Crippen LogP contribution in [0.25, 0.3) is 0 Å². The second-order valence-electron chi connectivity index (χ2n) is 6.70. The summed E-state index contributed by atoms with van der Waals surface area (Å²) >= 11 is 5.74. The van der Waals surface area contributed by atoms with E-state index in [1.807, 2.05) is 30.3 Å². The van der Waals surface area contributed by atoms with Crippen molar-refractivity contribution in [1.82, 2.24) is 4.31 Å². The van der Waals surface area contributed by atoms with E-state index < -0.39 is 21.7 Å². The Morgan fingerprint density at radius 1 is 1.10 bits per heavy atom. The van der Waals surface area contributed by atoms with E-state index in [0.29, 0.717) is 0 Å². The van der Waals surface area contributed by atoms with Crippen molar-refractivity contribution in [3.63, 3.8) is 0 Å². The maximum absolute atomic E-state index is 13.3. The Labute approximate surface area is 185 Å². The minimum atomic E-state index is -3.96. The molecule has 6 nitrogen and oxygen atoms in total. The molecule has 0 radical (unpaired) electrons. The highest BCUT2D eigenvalue weighted by Gasteiger charge is 2.26. The van der Waals surface area contributed by atoms with E-state index in [1.165, 1.54) is 48.8 Å². The van der Waals surface area contributed by atoms with Crippen LogP contribution in [0.4, 0.5) is 10.1 Å². The minimum absolute atomic E-state index is 0.0907. The molecule has 31 heavy (non-hydrogen) atoms. The SMILES string of the molecule is COc1ccc(C(=O)Nc2ccc(F)c(Cl)c2)cc1S(=O)(=O)N(C)Cc1ccccc1. The fourth-order valence-electron chi connectivity index (χ4n) is 2.89. The van der Waals surface area contributed by atoms with Gasteiger partial charge in [-0.2, -0.15) is 4.31 Å². The Hall–Kier alpha value is -2.94. The van der Waals surface area contributed by atoms with Gasteiger partial charge in [-0.05, 0) is 42.0 Å². The summed E-state index contributed by atoms with van der Waals surface area (Å²) in [5.74, 6) is -1.08.